The minimum Gasteiger partial charge on any atom is -0.506 e. The van der Waals surface area contributed by atoms with Crippen molar-refractivity contribution in [2.24, 2.45) is 5.16 Å². The van der Waals surface area contributed by atoms with Gasteiger partial charge in [-0.3, -0.25) is 0 Å². The van der Waals surface area contributed by atoms with Crippen LogP contribution in [0.25, 0.3) is 10.9 Å². The number of aryl methyl sites for hydroxylation is 2. The number of oxime groups is 1. The molecule has 0 radical (unpaired) electrons. The number of nitrogens with zero attached hydrogens (tertiary/aromatic N) is 2. The van der Waals surface area contributed by atoms with Gasteiger partial charge in [-0.1, -0.05) is 16.8 Å². The number of aromatic amines is 1. The van der Waals surface area contributed by atoms with E-state index in [1.165, 1.54) is 29.8 Å². The van der Waals surface area contributed by atoms with E-state index in [4.69, 9.17) is 16.8 Å². The predicted molar refractivity (Wildman–Crippen MR) is 119 cm³/mol. The van der Waals surface area contributed by atoms with Crippen LogP contribution in [0.3, 0.4) is 0 Å². The maximum atomic E-state index is 9.72. The molecule has 0 saturated heterocycles. The van der Waals surface area contributed by atoms with Crippen molar-refractivity contribution < 1.29 is 15.3 Å². The van der Waals surface area contributed by atoms with Gasteiger partial charge in [0, 0.05) is 35.3 Å². The molecule has 1 aliphatic carbocycles. The Morgan fingerprint density at radius 2 is 2.03 bits per heavy atom. The van der Waals surface area contributed by atoms with Crippen LogP contribution in [-0.2, 0) is 19.3 Å². The zero-order valence-electron chi connectivity index (χ0n) is 16.8. The van der Waals surface area contributed by atoms with Gasteiger partial charge in [0.1, 0.15) is 11.4 Å². The summed E-state index contributed by atoms with van der Waals surface area (Å²) in [6.07, 6.45) is 8.51. The highest BCUT2D eigenvalue weighted by Crippen LogP contribution is 2.32. The van der Waals surface area contributed by atoms with E-state index in [1.807, 2.05) is 12.1 Å². The molecule has 7 heteroatoms. The number of pyridine rings is 2. The first-order chi connectivity index (χ1) is 14.7. The van der Waals surface area contributed by atoms with E-state index < -0.39 is 0 Å². The lowest BCUT2D eigenvalue weighted by Gasteiger charge is -2.18. The molecule has 0 unspecified atom stereocenters. The second-order valence-corrected chi connectivity index (χ2v) is 8.13. The van der Waals surface area contributed by atoms with Crippen LogP contribution in [0, 0.1) is 0 Å². The maximum absolute atomic E-state index is 9.72. The zero-order valence-corrected chi connectivity index (χ0v) is 17.5. The van der Waals surface area contributed by atoms with Gasteiger partial charge in [0.2, 0.25) is 5.52 Å². The quantitative estimate of drug-likeness (QED) is 0.224. The molecule has 0 atom stereocenters. The summed E-state index contributed by atoms with van der Waals surface area (Å²) in [7, 11) is 0. The Kier molecular flexibility index (Phi) is 6.33. The molecular formula is C23H26ClN4O2+. The number of aromatic hydroxyl groups is 1. The number of anilines is 1. The SMILES string of the molecule is O/N=C\c1nc(CCCCNc2c3c([nH+]c4ccc(Cl)cc24)CCCC3)ccc1O. The molecule has 4 N–H and O–H groups in total. The number of H-pyrrole nitrogens is 1. The summed E-state index contributed by atoms with van der Waals surface area (Å²) in [5.41, 5.74) is 6.21. The number of hydrogen-bond donors (Lipinski definition) is 3. The molecule has 0 spiro atoms. The largest absolute Gasteiger partial charge is 0.506 e. The number of benzene rings is 1. The van der Waals surface area contributed by atoms with E-state index >= 15 is 0 Å². The summed E-state index contributed by atoms with van der Waals surface area (Å²) < 4.78 is 0. The zero-order chi connectivity index (χ0) is 20.9. The fourth-order valence-corrected chi connectivity index (χ4v) is 4.29. The predicted octanol–water partition coefficient (Wildman–Crippen LogP) is 4.53. The molecule has 3 aromatic rings. The first kappa shape index (κ1) is 20.4. The monoisotopic (exact) mass is 425 g/mol. The number of unbranched alkanes of at least 4 members (excludes halogenated alkanes) is 1. The number of hydrogen-bond acceptors (Lipinski definition) is 5. The molecule has 0 aliphatic heterocycles. The van der Waals surface area contributed by atoms with Crippen LogP contribution in [0.1, 0.15) is 48.3 Å². The minimum atomic E-state index is 0.00871. The standard InChI is InChI=1S/C23H25ClN4O2/c24-15-8-10-20-18(13-15)23(17-6-1-2-7-19(17)28-20)25-12-4-3-5-16-9-11-22(29)21(27-16)14-26-30/h8-11,13-14,29-30H,1-7,12H2,(H,25,28)/p+1/b26-14-. The van der Waals surface area contributed by atoms with Gasteiger partial charge in [-0.05, 0) is 62.8 Å². The van der Waals surface area contributed by atoms with Crippen molar-refractivity contribution in [3.05, 3.63) is 58.0 Å². The average Bonchev–Trinajstić information content (AvgIpc) is 2.75. The van der Waals surface area contributed by atoms with E-state index in [-0.39, 0.29) is 11.4 Å². The van der Waals surface area contributed by atoms with Crippen molar-refractivity contribution in [1.29, 1.82) is 0 Å². The minimum absolute atomic E-state index is 0.00871. The van der Waals surface area contributed by atoms with Gasteiger partial charge in [0.25, 0.3) is 0 Å². The van der Waals surface area contributed by atoms with E-state index in [0.29, 0.717) is 0 Å². The highest BCUT2D eigenvalue weighted by Gasteiger charge is 2.22. The van der Waals surface area contributed by atoms with Crippen LogP contribution in [0.15, 0.2) is 35.5 Å². The van der Waals surface area contributed by atoms with Crippen molar-refractivity contribution in [2.75, 3.05) is 11.9 Å². The van der Waals surface area contributed by atoms with Gasteiger partial charge < -0.3 is 15.6 Å². The maximum Gasteiger partial charge on any atom is 0.213 e. The van der Waals surface area contributed by atoms with Crippen LogP contribution in [0.2, 0.25) is 5.02 Å². The normalized spacial score (nSPS) is 13.6. The Hall–Kier alpha value is -2.86. The Balaban J connectivity index is 1.43. The number of nitrogens with one attached hydrogen (secondary N) is 2. The number of halogens is 1. The number of fused-ring (bicyclic) bond motifs is 2. The summed E-state index contributed by atoms with van der Waals surface area (Å²) in [6, 6.07) is 9.41. The molecule has 1 aliphatic rings. The van der Waals surface area contributed by atoms with E-state index in [1.54, 1.807) is 12.1 Å². The van der Waals surface area contributed by atoms with Gasteiger partial charge >= 0.3 is 0 Å². The fraction of sp³-hybridized carbons (Fsp3) is 0.348. The second-order valence-electron chi connectivity index (χ2n) is 7.69. The summed E-state index contributed by atoms with van der Waals surface area (Å²) in [6.45, 7) is 0.862. The Morgan fingerprint density at radius 1 is 1.17 bits per heavy atom. The molecule has 4 rings (SSSR count). The third-order valence-electron chi connectivity index (χ3n) is 5.61. The Bertz CT molecular complexity index is 1080. The van der Waals surface area contributed by atoms with Crippen LogP contribution in [0.4, 0.5) is 5.69 Å². The Labute approximate surface area is 180 Å². The third-order valence-corrected chi connectivity index (χ3v) is 5.84. The van der Waals surface area contributed by atoms with E-state index in [0.717, 1.165) is 66.5 Å². The van der Waals surface area contributed by atoms with Gasteiger partial charge in [-0.15, -0.1) is 0 Å². The third kappa shape index (κ3) is 4.49. The summed E-state index contributed by atoms with van der Waals surface area (Å²) in [5.74, 6) is 0.00871. The first-order valence-electron chi connectivity index (χ1n) is 10.4. The summed E-state index contributed by atoms with van der Waals surface area (Å²) in [5, 5.41) is 26.9. The Morgan fingerprint density at radius 3 is 2.90 bits per heavy atom. The highest BCUT2D eigenvalue weighted by molar-refractivity contribution is 6.31. The highest BCUT2D eigenvalue weighted by atomic mass is 35.5. The molecule has 0 amide bonds. The van der Waals surface area contributed by atoms with Crippen LogP contribution in [-0.4, -0.2) is 28.1 Å². The lowest BCUT2D eigenvalue weighted by Crippen LogP contribution is -2.21. The first-order valence-corrected chi connectivity index (χ1v) is 10.8. The van der Waals surface area contributed by atoms with Crippen molar-refractivity contribution >= 4 is 34.4 Å². The summed E-state index contributed by atoms with van der Waals surface area (Å²) in [4.78, 5) is 7.93. The van der Waals surface area contributed by atoms with Crippen molar-refractivity contribution in [1.82, 2.24) is 4.98 Å². The van der Waals surface area contributed by atoms with Crippen molar-refractivity contribution in [2.45, 2.75) is 44.9 Å². The topological polar surface area (TPSA) is 91.9 Å². The lowest BCUT2D eigenvalue weighted by molar-refractivity contribution is -0.359. The molecule has 2 heterocycles. The smallest absolute Gasteiger partial charge is 0.213 e. The van der Waals surface area contributed by atoms with Gasteiger partial charge in [-0.25, -0.2) is 9.97 Å². The molecule has 30 heavy (non-hydrogen) atoms. The van der Waals surface area contributed by atoms with Crippen molar-refractivity contribution in [3.63, 3.8) is 0 Å². The van der Waals surface area contributed by atoms with Crippen LogP contribution in [0.5, 0.6) is 5.75 Å². The fourth-order valence-electron chi connectivity index (χ4n) is 4.12. The van der Waals surface area contributed by atoms with Crippen LogP contribution >= 0.6 is 11.6 Å². The molecule has 0 fully saturated rings. The average molecular weight is 426 g/mol. The van der Waals surface area contributed by atoms with E-state index in [9.17, 15) is 5.11 Å². The molecule has 1 aromatic carbocycles. The number of aromatic nitrogens is 2. The number of rotatable bonds is 7. The van der Waals surface area contributed by atoms with Crippen molar-refractivity contribution in [3.8, 4) is 5.75 Å². The lowest BCUT2D eigenvalue weighted by atomic mass is 9.92. The molecular weight excluding hydrogens is 400 g/mol. The van der Waals surface area contributed by atoms with Crippen LogP contribution < -0.4 is 10.3 Å². The van der Waals surface area contributed by atoms with Gasteiger partial charge in [0.05, 0.1) is 17.3 Å². The second kappa shape index (κ2) is 9.30. The summed E-state index contributed by atoms with van der Waals surface area (Å²) >= 11 is 6.28. The van der Waals surface area contributed by atoms with Gasteiger partial charge in [0.15, 0.2) is 5.69 Å². The van der Waals surface area contributed by atoms with Gasteiger partial charge in [-0.2, -0.15) is 0 Å². The molecule has 2 aromatic heterocycles. The molecule has 156 valence electrons. The van der Waals surface area contributed by atoms with E-state index in [2.05, 4.69) is 26.5 Å². The molecule has 0 bridgehead atoms. The molecule has 6 nitrogen and oxygen atoms in total. The molecule has 0 saturated carbocycles.